The molecule has 1 aromatic carbocycles. The van der Waals surface area contributed by atoms with Crippen LogP contribution in [0, 0.1) is 0 Å². The normalized spacial score (nSPS) is 21.4. The Kier molecular flexibility index (Phi) is 3.77. The van der Waals surface area contributed by atoms with E-state index in [9.17, 15) is 4.79 Å². The first-order valence-corrected chi connectivity index (χ1v) is 9.68. The predicted octanol–water partition coefficient (Wildman–Crippen LogP) is 4.24. The summed E-state index contributed by atoms with van der Waals surface area (Å²) in [5, 5.41) is 2.40. The highest BCUT2D eigenvalue weighted by Gasteiger charge is 2.33. The molecule has 0 aliphatic carbocycles. The number of aryl methyl sites for hydroxylation is 1. The number of hydrogen-bond acceptors (Lipinski definition) is 4. The van der Waals surface area contributed by atoms with E-state index in [4.69, 9.17) is 0 Å². The third kappa shape index (κ3) is 2.34. The smallest absolute Gasteiger partial charge is 0.148 e. The molecule has 118 valence electrons. The van der Waals surface area contributed by atoms with E-state index in [-0.39, 0.29) is 5.92 Å². The Morgan fingerprint density at radius 3 is 2.70 bits per heavy atom. The summed E-state index contributed by atoms with van der Waals surface area (Å²) in [7, 11) is 4.10. The second kappa shape index (κ2) is 5.80. The van der Waals surface area contributed by atoms with E-state index in [2.05, 4.69) is 42.0 Å². The summed E-state index contributed by atoms with van der Waals surface area (Å²) in [5.41, 5.74) is 4.69. The molecule has 23 heavy (non-hydrogen) atoms. The number of aldehydes is 1. The number of fused-ring (bicyclic) bond motifs is 1. The van der Waals surface area contributed by atoms with Crippen LogP contribution in [0.5, 0.6) is 0 Å². The molecule has 0 amide bonds. The van der Waals surface area contributed by atoms with Gasteiger partial charge >= 0.3 is 0 Å². The molecule has 2 aliphatic rings. The third-order valence-corrected chi connectivity index (χ3v) is 7.48. The molecular weight excluding hydrogens is 324 g/mol. The van der Waals surface area contributed by atoms with Crippen molar-refractivity contribution >= 4 is 40.7 Å². The van der Waals surface area contributed by atoms with Gasteiger partial charge in [-0.25, -0.2) is 0 Å². The minimum absolute atomic E-state index is 0.0339. The quantitative estimate of drug-likeness (QED) is 0.779. The Bertz CT molecular complexity index is 833. The Balaban J connectivity index is 1.96. The fourth-order valence-electron chi connectivity index (χ4n) is 3.41. The fraction of sp³-hybridized carbons (Fsp3) is 0.278. The van der Waals surface area contributed by atoms with E-state index in [1.807, 2.05) is 47.9 Å². The van der Waals surface area contributed by atoms with Crippen molar-refractivity contribution in [1.29, 1.82) is 0 Å². The van der Waals surface area contributed by atoms with Gasteiger partial charge in [-0.2, -0.15) is 0 Å². The zero-order valence-electron chi connectivity index (χ0n) is 13.1. The van der Waals surface area contributed by atoms with Crippen LogP contribution >= 0.6 is 23.5 Å². The lowest BCUT2D eigenvalue weighted by molar-refractivity contribution is -0.105. The van der Waals surface area contributed by atoms with Crippen molar-refractivity contribution in [3.05, 3.63) is 59.6 Å². The zero-order chi connectivity index (χ0) is 16.0. The maximum absolute atomic E-state index is 11.7. The lowest BCUT2D eigenvalue weighted by atomic mass is 9.88. The van der Waals surface area contributed by atoms with Gasteiger partial charge in [0.2, 0.25) is 0 Å². The number of nitrogens with zero attached hydrogens (tertiary/aromatic N) is 2. The molecule has 0 spiro atoms. The monoisotopic (exact) mass is 342 g/mol. The van der Waals surface area contributed by atoms with Crippen LogP contribution in [0.15, 0.2) is 48.3 Å². The number of aromatic nitrogens is 1. The van der Waals surface area contributed by atoms with Crippen LogP contribution in [0.3, 0.4) is 0 Å². The second-order valence-corrected chi connectivity index (χ2v) is 8.74. The molecule has 2 aliphatic heterocycles. The minimum Gasteiger partial charge on any atom is -0.357 e. The standard InChI is InChI=1S/C18H18N2OS2/c1-19-8-7-13(12(9-19)10-21)16-14-5-3-4-6-15(14)20(2)17(16)18-22-11-23-18/h3-10,13,18H,11H2,1-2H3. The highest BCUT2D eigenvalue weighted by atomic mass is 32.3. The highest BCUT2D eigenvalue weighted by molar-refractivity contribution is 8.31. The van der Waals surface area contributed by atoms with Gasteiger partial charge < -0.3 is 9.47 Å². The number of allylic oxidation sites excluding steroid dienone is 2. The first-order chi connectivity index (χ1) is 11.2. The second-order valence-electron chi connectivity index (χ2n) is 5.89. The summed E-state index contributed by atoms with van der Waals surface area (Å²) in [6, 6.07) is 8.51. The molecule has 3 nitrogen and oxygen atoms in total. The Hall–Kier alpha value is -1.59. The minimum atomic E-state index is 0.0339. The number of carbonyl (C=O) groups is 1. The molecule has 1 saturated heterocycles. The molecule has 0 saturated carbocycles. The fourth-order valence-corrected chi connectivity index (χ4v) is 5.38. The van der Waals surface area contributed by atoms with Gasteiger partial charge in [0.15, 0.2) is 0 Å². The molecule has 3 heterocycles. The topological polar surface area (TPSA) is 25.2 Å². The van der Waals surface area contributed by atoms with Gasteiger partial charge in [-0.1, -0.05) is 24.3 Å². The van der Waals surface area contributed by atoms with Gasteiger partial charge in [-0.15, -0.1) is 23.5 Å². The first-order valence-electron chi connectivity index (χ1n) is 7.58. The number of benzene rings is 1. The van der Waals surface area contributed by atoms with Crippen molar-refractivity contribution in [3.63, 3.8) is 0 Å². The highest BCUT2D eigenvalue weighted by Crippen LogP contribution is 2.55. The van der Waals surface area contributed by atoms with Crippen molar-refractivity contribution in [2.75, 3.05) is 12.1 Å². The molecule has 0 bridgehead atoms. The van der Waals surface area contributed by atoms with Gasteiger partial charge in [0.05, 0.1) is 4.58 Å². The predicted molar refractivity (Wildman–Crippen MR) is 99.5 cm³/mol. The third-order valence-electron chi connectivity index (χ3n) is 4.53. The van der Waals surface area contributed by atoms with E-state index < -0.39 is 0 Å². The molecule has 0 N–H and O–H groups in total. The summed E-state index contributed by atoms with van der Waals surface area (Å²) in [4.78, 5) is 13.6. The summed E-state index contributed by atoms with van der Waals surface area (Å²) in [6.45, 7) is 0. The molecule has 1 atom stereocenters. The summed E-state index contributed by atoms with van der Waals surface area (Å²) < 4.78 is 2.77. The van der Waals surface area contributed by atoms with Gasteiger partial charge in [0.1, 0.15) is 6.29 Å². The molecule has 1 unspecified atom stereocenters. The van der Waals surface area contributed by atoms with Gasteiger partial charge in [0.25, 0.3) is 0 Å². The number of para-hydroxylation sites is 1. The van der Waals surface area contributed by atoms with Crippen LogP contribution < -0.4 is 0 Å². The molecular formula is C18H18N2OS2. The molecule has 0 radical (unpaired) electrons. The van der Waals surface area contributed by atoms with Crippen molar-refractivity contribution in [3.8, 4) is 0 Å². The van der Waals surface area contributed by atoms with Gasteiger partial charge in [-0.05, 0) is 11.6 Å². The van der Waals surface area contributed by atoms with Crippen LogP contribution in [0.25, 0.3) is 10.9 Å². The van der Waals surface area contributed by atoms with Crippen LogP contribution in [-0.4, -0.2) is 27.9 Å². The molecule has 2 aromatic rings. The Labute approximate surface area is 144 Å². The molecule has 4 rings (SSSR count). The number of hydrogen-bond donors (Lipinski definition) is 0. The average molecular weight is 342 g/mol. The van der Waals surface area contributed by atoms with Crippen molar-refractivity contribution in [2.24, 2.45) is 7.05 Å². The van der Waals surface area contributed by atoms with E-state index in [1.165, 1.54) is 22.2 Å². The summed E-state index contributed by atoms with van der Waals surface area (Å²) in [6.07, 6.45) is 7.12. The maximum atomic E-state index is 11.7. The van der Waals surface area contributed by atoms with Gasteiger partial charge in [0, 0.05) is 59.7 Å². The maximum Gasteiger partial charge on any atom is 0.148 e. The Morgan fingerprint density at radius 2 is 2.00 bits per heavy atom. The molecule has 1 fully saturated rings. The largest absolute Gasteiger partial charge is 0.357 e. The van der Waals surface area contributed by atoms with Crippen molar-refractivity contribution in [2.45, 2.75) is 10.5 Å². The first kappa shape index (κ1) is 15.0. The summed E-state index contributed by atoms with van der Waals surface area (Å²) >= 11 is 3.95. The van der Waals surface area contributed by atoms with Crippen LogP contribution in [0.4, 0.5) is 0 Å². The SMILES string of the molecule is CN1C=CC(c2c(C3SCS3)n(C)c3ccccc23)C(C=O)=C1. The molecule has 5 heteroatoms. The van der Waals surface area contributed by atoms with Crippen molar-refractivity contribution < 1.29 is 4.79 Å². The van der Waals surface area contributed by atoms with Crippen LogP contribution in [-0.2, 0) is 11.8 Å². The van der Waals surface area contributed by atoms with Gasteiger partial charge in [-0.3, -0.25) is 4.79 Å². The average Bonchev–Trinajstić information content (AvgIpc) is 2.80. The van der Waals surface area contributed by atoms with E-state index in [0.29, 0.717) is 4.58 Å². The van der Waals surface area contributed by atoms with Crippen LogP contribution in [0.1, 0.15) is 21.8 Å². The van der Waals surface area contributed by atoms with Crippen molar-refractivity contribution in [1.82, 2.24) is 9.47 Å². The lowest BCUT2D eigenvalue weighted by Crippen LogP contribution is -2.16. The number of thioether (sulfide) groups is 2. The summed E-state index contributed by atoms with van der Waals surface area (Å²) in [5.74, 6) is 0.0339. The lowest BCUT2D eigenvalue weighted by Gasteiger charge is -2.29. The van der Waals surface area contributed by atoms with E-state index in [0.717, 1.165) is 16.9 Å². The zero-order valence-corrected chi connectivity index (χ0v) is 14.7. The number of rotatable bonds is 3. The van der Waals surface area contributed by atoms with E-state index in [1.54, 1.807) is 0 Å². The molecule has 1 aromatic heterocycles. The van der Waals surface area contributed by atoms with Crippen LogP contribution in [0.2, 0.25) is 0 Å². The van der Waals surface area contributed by atoms with E-state index >= 15 is 0 Å². The Morgan fingerprint density at radius 1 is 1.22 bits per heavy atom. The number of carbonyl (C=O) groups excluding carboxylic acids is 1.